The predicted molar refractivity (Wildman–Crippen MR) is 106 cm³/mol. The van der Waals surface area contributed by atoms with E-state index in [0.29, 0.717) is 16.3 Å². The average Bonchev–Trinajstić information content (AvgIpc) is 3.12. The molecule has 3 N–H and O–H groups in total. The molecule has 7 nitrogen and oxygen atoms in total. The monoisotopic (exact) mass is 412 g/mol. The number of carbonyl (C=O) groups excluding carboxylic acids is 1. The summed E-state index contributed by atoms with van der Waals surface area (Å²) >= 11 is 5.94. The number of aliphatic carboxylic acids is 1. The summed E-state index contributed by atoms with van der Waals surface area (Å²) in [5.41, 5.74) is 1.16. The molecule has 0 saturated carbocycles. The van der Waals surface area contributed by atoms with Gasteiger partial charge in [0.2, 0.25) is 0 Å². The highest BCUT2D eigenvalue weighted by Gasteiger charge is 2.29. The maximum Gasteiger partial charge on any atom is 0.352 e. The second-order valence-corrected chi connectivity index (χ2v) is 6.76. The van der Waals surface area contributed by atoms with Gasteiger partial charge in [0.25, 0.3) is 5.91 Å². The lowest BCUT2D eigenvalue weighted by molar-refractivity contribution is -0.132. The number of aromatic nitrogens is 2. The summed E-state index contributed by atoms with van der Waals surface area (Å²) in [6, 6.07) is 11.7. The van der Waals surface area contributed by atoms with Crippen molar-refractivity contribution in [3.63, 3.8) is 0 Å². The first-order chi connectivity index (χ1) is 13.9. The molecule has 0 unspecified atom stereocenters. The van der Waals surface area contributed by atoms with Crippen LogP contribution in [0.2, 0.25) is 5.02 Å². The fraction of sp³-hybridized carbons (Fsp3) is 0.0500. The van der Waals surface area contributed by atoms with Gasteiger partial charge in [-0.25, -0.2) is 13.9 Å². The van der Waals surface area contributed by atoms with E-state index in [0.717, 1.165) is 0 Å². The van der Waals surface area contributed by atoms with Crippen LogP contribution in [0.15, 0.2) is 66.5 Å². The Labute approximate surface area is 169 Å². The molecule has 1 aromatic heterocycles. The predicted octanol–water partition coefficient (Wildman–Crippen LogP) is 3.91. The molecule has 0 radical (unpaired) electrons. The van der Waals surface area contributed by atoms with Gasteiger partial charge in [-0.3, -0.25) is 4.79 Å². The van der Waals surface area contributed by atoms with Crippen molar-refractivity contribution in [1.29, 1.82) is 0 Å². The van der Waals surface area contributed by atoms with E-state index in [1.165, 1.54) is 29.1 Å². The van der Waals surface area contributed by atoms with Crippen molar-refractivity contribution in [2.45, 2.75) is 6.04 Å². The first kappa shape index (κ1) is 18.7. The van der Waals surface area contributed by atoms with Gasteiger partial charge in [-0.2, -0.15) is 5.10 Å². The summed E-state index contributed by atoms with van der Waals surface area (Å²) in [6.45, 7) is 0. The summed E-state index contributed by atoms with van der Waals surface area (Å²) < 4.78 is 14.8. The summed E-state index contributed by atoms with van der Waals surface area (Å²) in [4.78, 5) is 24.3. The van der Waals surface area contributed by atoms with E-state index in [2.05, 4.69) is 15.7 Å². The molecule has 1 amide bonds. The topological polar surface area (TPSA) is 96.2 Å². The number of rotatable bonds is 4. The molecular weight excluding hydrogens is 399 g/mol. The van der Waals surface area contributed by atoms with Crippen LogP contribution in [0.3, 0.4) is 0 Å². The minimum Gasteiger partial charge on any atom is -0.477 e. The number of nitrogens with zero attached hydrogens (tertiary/aromatic N) is 2. The maximum absolute atomic E-state index is 13.3. The Morgan fingerprint density at radius 1 is 1.21 bits per heavy atom. The van der Waals surface area contributed by atoms with E-state index >= 15 is 0 Å². The highest BCUT2D eigenvalue weighted by Crippen LogP contribution is 2.32. The zero-order valence-corrected chi connectivity index (χ0v) is 15.5. The molecule has 1 aliphatic heterocycles. The second kappa shape index (κ2) is 7.40. The largest absolute Gasteiger partial charge is 0.477 e. The van der Waals surface area contributed by atoms with E-state index in [1.807, 2.05) is 0 Å². The summed E-state index contributed by atoms with van der Waals surface area (Å²) in [6.07, 6.45) is 2.80. The van der Waals surface area contributed by atoms with Crippen molar-refractivity contribution in [1.82, 2.24) is 9.78 Å². The number of benzene rings is 2. The minimum atomic E-state index is -1.19. The number of fused-ring (bicyclic) bond motifs is 1. The lowest BCUT2D eigenvalue weighted by Gasteiger charge is -2.24. The second-order valence-electron chi connectivity index (χ2n) is 6.32. The Morgan fingerprint density at radius 3 is 2.66 bits per heavy atom. The smallest absolute Gasteiger partial charge is 0.352 e. The molecule has 0 fully saturated rings. The van der Waals surface area contributed by atoms with Gasteiger partial charge in [-0.1, -0.05) is 29.8 Å². The molecule has 0 bridgehead atoms. The van der Waals surface area contributed by atoms with Gasteiger partial charge in [0.15, 0.2) is 0 Å². The van der Waals surface area contributed by atoms with Crippen LogP contribution in [-0.4, -0.2) is 26.8 Å². The lowest BCUT2D eigenvalue weighted by Crippen LogP contribution is -2.25. The molecule has 0 spiro atoms. The molecule has 0 saturated heterocycles. The molecule has 1 aliphatic rings. The SMILES string of the molecule is O=C(O)C1=C[C@H](c2ccc(F)cc2)n2ncc(C(=O)Nc3cccc(Cl)c3)c2N1. The van der Waals surface area contributed by atoms with Crippen LogP contribution in [0.5, 0.6) is 0 Å². The summed E-state index contributed by atoms with van der Waals surface area (Å²) in [5.74, 6) is -1.86. The normalized spacial score (nSPS) is 15.1. The molecule has 2 heterocycles. The van der Waals surface area contributed by atoms with Gasteiger partial charge in [0.1, 0.15) is 22.9 Å². The van der Waals surface area contributed by atoms with Gasteiger partial charge >= 0.3 is 5.97 Å². The summed E-state index contributed by atoms with van der Waals surface area (Å²) in [5, 5.41) is 19.6. The number of hydrogen-bond donors (Lipinski definition) is 3. The van der Waals surface area contributed by atoms with E-state index in [4.69, 9.17) is 11.6 Å². The number of hydrogen-bond acceptors (Lipinski definition) is 4. The van der Waals surface area contributed by atoms with Crippen LogP contribution in [0.25, 0.3) is 0 Å². The highest BCUT2D eigenvalue weighted by atomic mass is 35.5. The first-order valence-corrected chi connectivity index (χ1v) is 8.92. The quantitative estimate of drug-likeness (QED) is 0.603. The fourth-order valence-electron chi connectivity index (χ4n) is 3.05. The number of allylic oxidation sites excluding steroid dienone is 1. The number of carbonyl (C=O) groups is 2. The number of amides is 1. The molecule has 2 aromatic carbocycles. The van der Waals surface area contributed by atoms with Crippen LogP contribution in [0, 0.1) is 5.82 Å². The first-order valence-electron chi connectivity index (χ1n) is 8.54. The Bertz CT molecular complexity index is 1140. The molecule has 146 valence electrons. The number of carboxylic acid groups (broad SMARTS) is 1. The van der Waals surface area contributed by atoms with Gasteiger partial charge in [0.05, 0.1) is 12.2 Å². The van der Waals surface area contributed by atoms with Gasteiger partial charge in [-0.05, 0) is 42.0 Å². The van der Waals surface area contributed by atoms with Crippen molar-refractivity contribution >= 4 is 35.0 Å². The molecule has 29 heavy (non-hydrogen) atoms. The zero-order chi connectivity index (χ0) is 20.5. The van der Waals surface area contributed by atoms with Crippen LogP contribution in [0.4, 0.5) is 15.9 Å². The third-order valence-electron chi connectivity index (χ3n) is 4.41. The van der Waals surface area contributed by atoms with Crippen molar-refractivity contribution in [2.75, 3.05) is 10.6 Å². The molecule has 9 heteroatoms. The third kappa shape index (κ3) is 3.70. The summed E-state index contributed by atoms with van der Waals surface area (Å²) in [7, 11) is 0. The molecule has 0 aliphatic carbocycles. The maximum atomic E-state index is 13.3. The standard InChI is InChI=1S/C20H14ClFN4O3/c21-12-2-1-3-14(8-12)24-19(27)15-10-23-26-17(11-4-6-13(22)7-5-11)9-16(20(28)29)25-18(15)26/h1-10,17,25H,(H,24,27)(H,28,29)/t17-/m1/s1. The molecule has 1 atom stereocenters. The van der Waals surface area contributed by atoms with E-state index in [-0.39, 0.29) is 17.1 Å². The average molecular weight is 413 g/mol. The van der Waals surface area contributed by atoms with E-state index < -0.39 is 23.7 Å². The van der Waals surface area contributed by atoms with Gasteiger partial charge < -0.3 is 15.7 Å². The molecular formula is C20H14ClFN4O3. The lowest BCUT2D eigenvalue weighted by atomic mass is 10.0. The Morgan fingerprint density at radius 2 is 1.97 bits per heavy atom. The van der Waals surface area contributed by atoms with E-state index in [1.54, 1.807) is 36.4 Å². The van der Waals surface area contributed by atoms with Crippen molar-refractivity contribution in [2.24, 2.45) is 0 Å². The Balaban J connectivity index is 1.72. The molecule has 3 aromatic rings. The number of halogens is 2. The Kier molecular flexibility index (Phi) is 4.77. The van der Waals surface area contributed by atoms with Crippen molar-refractivity contribution < 1.29 is 19.1 Å². The van der Waals surface area contributed by atoms with E-state index in [9.17, 15) is 19.1 Å². The van der Waals surface area contributed by atoms with Crippen molar-refractivity contribution in [3.05, 3.63) is 88.5 Å². The van der Waals surface area contributed by atoms with Crippen molar-refractivity contribution in [3.8, 4) is 0 Å². The van der Waals surface area contributed by atoms with Crippen LogP contribution < -0.4 is 10.6 Å². The zero-order valence-electron chi connectivity index (χ0n) is 14.8. The number of anilines is 2. The Hall–Kier alpha value is -3.65. The van der Waals surface area contributed by atoms with Crippen LogP contribution in [0.1, 0.15) is 22.0 Å². The van der Waals surface area contributed by atoms with Gasteiger partial charge in [0, 0.05) is 10.7 Å². The van der Waals surface area contributed by atoms with Crippen LogP contribution >= 0.6 is 11.6 Å². The molecule has 4 rings (SSSR count). The number of carboxylic acids is 1. The fourth-order valence-corrected chi connectivity index (χ4v) is 3.24. The van der Waals surface area contributed by atoms with Crippen LogP contribution in [-0.2, 0) is 4.79 Å². The number of nitrogens with one attached hydrogen (secondary N) is 2. The minimum absolute atomic E-state index is 0.107. The highest BCUT2D eigenvalue weighted by molar-refractivity contribution is 6.31. The third-order valence-corrected chi connectivity index (χ3v) is 4.64. The van der Waals surface area contributed by atoms with Gasteiger partial charge in [-0.15, -0.1) is 0 Å².